The average Bonchev–Trinajstić information content (AvgIpc) is 3.29. The first-order valence-electron chi connectivity index (χ1n) is 10.9. The molecule has 4 rings (SSSR count). The van der Waals surface area contributed by atoms with Crippen LogP contribution >= 0.6 is 11.3 Å². The molecule has 0 saturated carbocycles. The van der Waals surface area contributed by atoms with E-state index in [1.54, 1.807) is 38.1 Å². The van der Waals surface area contributed by atoms with E-state index in [1.807, 2.05) is 66.4 Å². The van der Waals surface area contributed by atoms with Crippen LogP contribution in [0.3, 0.4) is 0 Å². The third kappa shape index (κ3) is 4.28. The Kier molecular flexibility index (Phi) is 6.33. The van der Waals surface area contributed by atoms with E-state index in [0.717, 1.165) is 16.9 Å². The fourth-order valence-electron chi connectivity index (χ4n) is 4.41. The third-order valence-electron chi connectivity index (χ3n) is 5.90. The minimum atomic E-state index is -0.186. The summed E-state index contributed by atoms with van der Waals surface area (Å²) in [7, 11) is 3.39. The van der Waals surface area contributed by atoms with E-state index in [9.17, 15) is 14.4 Å². The molecule has 0 unspecified atom stereocenters. The summed E-state index contributed by atoms with van der Waals surface area (Å²) in [6.07, 6.45) is 0.603. The quantitative estimate of drug-likeness (QED) is 0.550. The van der Waals surface area contributed by atoms with Gasteiger partial charge in [0.2, 0.25) is 5.91 Å². The van der Waals surface area contributed by atoms with Gasteiger partial charge in [-0.05, 0) is 49.2 Å². The van der Waals surface area contributed by atoms with Crippen LogP contribution in [0.2, 0.25) is 0 Å². The zero-order valence-corrected chi connectivity index (χ0v) is 20.0. The lowest BCUT2D eigenvalue weighted by molar-refractivity contribution is -0.117. The van der Waals surface area contributed by atoms with Crippen LogP contribution in [0.25, 0.3) is 0 Å². The van der Waals surface area contributed by atoms with Crippen LogP contribution in [-0.4, -0.2) is 42.8 Å². The zero-order valence-electron chi connectivity index (χ0n) is 19.2. The van der Waals surface area contributed by atoms with E-state index < -0.39 is 0 Å². The van der Waals surface area contributed by atoms with Crippen molar-refractivity contribution in [3.05, 3.63) is 82.0 Å². The summed E-state index contributed by atoms with van der Waals surface area (Å²) >= 11 is 1.21. The van der Waals surface area contributed by atoms with E-state index in [2.05, 4.69) is 0 Å². The molecule has 0 bridgehead atoms. The molecule has 0 saturated heterocycles. The number of para-hydroxylation sites is 2. The predicted molar refractivity (Wildman–Crippen MR) is 132 cm³/mol. The highest BCUT2D eigenvalue weighted by Crippen LogP contribution is 2.43. The number of thiophene rings is 1. The molecule has 170 valence electrons. The number of nitrogens with zero attached hydrogens (tertiary/aromatic N) is 3. The van der Waals surface area contributed by atoms with E-state index in [-0.39, 0.29) is 29.8 Å². The van der Waals surface area contributed by atoms with Gasteiger partial charge in [-0.25, -0.2) is 0 Å². The molecule has 0 radical (unpaired) electrons. The van der Waals surface area contributed by atoms with E-state index in [4.69, 9.17) is 0 Å². The molecule has 2 heterocycles. The molecule has 0 spiro atoms. The number of hydrogen-bond donors (Lipinski definition) is 0. The maximum Gasteiger partial charge on any atom is 0.268 e. The van der Waals surface area contributed by atoms with Crippen molar-refractivity contribution in [3.63, 3.8) is 0 Å². The predicted octanol–water partition coefficient (Wildman–Crippen LogP) is 4.98. The third-order valence-corrected chi connectivity index (χ3v) is 6.96. The van der Waals surface area contributed by atoms with Crippen molar-refractivity contribution in [2.45, 2.75) is 32.4 Å². The van der Waals surface area contributed by atoms with E-state index in [1.165, 1.54) is 16.2 Å². The smallest absolute Gasteiger partial charge is 0.268 e. The van der Waals surface area contributed by atoms with Crippen molar-refractivity contribution in [2.24, 2.45) is 0 Å². The van der Waals surface area contributed by atoms with Crippen molar-refractivity contribution in [1.29, 1.82) is 0 Å². The Bertz CT molecular complexity index is 1190. The van der Waals surface area contributed by atoms with Gasteiger partial charge in [-0.15, -0.1) is 11.3 Å². The van der Waals surface area contributed by atoms with Gasteiger partial charge < -0.3 is 14.7 Å². The van der Waals surface area contributed by atoms with Crippen LogP contribution in [0.4, 0.5) is 11.4 Å². The van der Waals surface area contributed by atoms with Gasteiger partial charge in [-0.2, -0.15) is 0 Å². The molecule has 3 amide bonds. The molecule has 0 aliphatic carbocycles. The second-order valence-corrected chi connectivity index (χ2v) is 9.51. The first-order valence-corrected chi connectivity index (χ1v) is 11.7. The molecular formula is C26H27N3O3S. The summed E-state index contributed by atoms with van der Waals surface area (Å²) in [6.45, 7) is 3.58. The summed E-state index contributed by atoms with van der Waals surface area (Å²) in [5, 5.41) is 0. The summed E-state index contributed by atoms with van der Waals surface area (Å²) in [5.41, 5.74) is 2.56. The molecular weight excluding hydrogens is 434 g/mol. The van der Waals surface area contributed by atoms with Crippen molar-refractivity contribution in [3.8, 4) is 0 Å². The summed E-state index contributed by atoms with van der Waals surface area (Å²) in [5.74, 6) is -0.297. The molecule has 0 fully saturated rings. The first-order chi connectivity index (χ1) is 15.8. The van der Waals surface area contributed by atoms with Crippen molar-refractivity contribution < 1.29 is 14.4 Å². The van der Waals surface area contributed by atoms with Crippen LogP contribution in [0.5, 0.6) is 0 Å². The van der Waals surface area contributed by atoms with E-state index in [0.29, 0.717) is 16.2 Å². The number of amides is 3. The highest BCUT2D eigenvalue weighted by molar-refractivity contribution is 7.16. The van der Waals surface area contributed by atoms with Crippen molar-refractivity contribution in [1.82, 2.24) is 4.90 Å². The molecule has 3 aromatic rings. The Hall–Kier alpha value is -3.45. The number of fused-ring (bicyclic) bond motifs is 1. The monoisotopic (exact) mass is 461 g/mol. The fourth-order valence-corrected chi connectivity index (χ4v) is 5.38. The molecule has 0 N–H and O–H groups in total. The van der Waals surface area contributed by atoms with Crippen molar-refractivity contribution in [2.75, 3.05) is 23.9 Å². The maximum atomic E-state index is 13.6. The van der Waals surface area contributed by atoms with Crippen LogP contribution in [0, 0.1) is 0 Å². The molecule has 2 aromatic carbocycles. The second kappa shape index (κ2) is 9.19. The van der Waals surface area contributed by atoms with Crippen LogP contribution < -0.4 is 9.80 Å². The van der Waals surface area contributed by atoms with Crippen LogP contribution in [0.15, 0.2) is 66.7 Å². The standard InChI is InChI=1S/C26H27N3O3S/c1-17-16-22(29(18(2)30)19-10-6-5-7-11-19)20-12-8-9-13-21(20)28(17)26(32)24-15-14-23(33-24)25(31)27(3)4/h5-15,17,22H,16H2,1-4H3/t17-,22+/m0/s1. The topological polar surface area (TPSA) is 60.9 Å². The summed E-state index contributed by atoms with van der Waals surface area (Å²) in [4.78, 5) is 44.8. The second-order valence-electron chi connectivity index (χ2n) is 8.42. The first kappa shape index (κ1) is 22.7. The number of benzene rings is 2. The fraction of sp³-hybridized carbons (Fsp3) is 0.269. The number of anilines is 2. The van der Waals surface area contributed by atoms with Crippen LogP contribution in [-0.2, 0) is 4.79 Å². The Labute approximate surface area is 198 Å². The molecule has 1 aromatic heterocycles. The van der Waals surface area contributed by atoms with Gasteiger partial charge >= 0.3 is 0 Å². The minimum absolute atomic E-state index is 0.0434. The van der Waals surface area contributed by atoms with Crippen LogP contribution in [0.1, 0.15) is 51.2 Å². The highest BCUT2D eigenvalue weighted by Gasteiger charge is 2.38. The number of rotatable bonds is 4. The average molecular weight is 462 g/mol. The Balaban J connectivity index is 1.73. The summed E-state index contributed by atoms with van der Waals surface area (Å²) < 4.78 is 0. The Morgan fingerprint density at radius 2 is 1.55 bits per heavy atom. The minimum Gasteiger partial charge on any atom is -0.344 e. The SMILES string of the molecule is CC(=O)N(c1ccccc1)[C@@H]1C[C@H](C)N(C(=O)c2ccc(C(=O)N(C)C)s2)c2ccccc21. The number of hydrogen-bond acceptors (Lipinski definition) is 4. The summed E-state index contributed by atoms with van der Waals surface area (Å²) in [6, 6.07) is 20.5. The van der Waals surface area contributed by atoms with Crippen molar-refractivity contribution >= 4 is 40.4 Å². The molecule has 33 heavy (non-hydrogen) atoms. The Morgan fingerprint density at radius 3 is 2.21 bits per heavy atom. The molecule has 1 aliphatic rings. The van der Waals surface area contributed by atoms with Gasteiger partial charge in [-0.1, -0.05) is 36.4 Å². The van der Waals surface area contributed by atoms with Gasteiger partial charge in [-0.3, -0.25) is 14.4 Å². The van der Waals surface area contributed by atoms with Gasteiger partial charge in [0.15, 0.2) is 0 Å². The lowest BCUT2D eigenvalue weighted by Crippen LogP contribution is -2.47. The normalized spacial score (nSPS) is 17.3. The molecule has 7 heteroatoms. The van der Waals surface area contributed by atoms with Gasteiger partial charge in [0, 0.05) is 38.4 Å². The lowest BCUT2D eigenvalue weighted by atomic mass is 9.89. The molecule has 6 nitrogen and oxygen atoms in total. The van der Waals surface area contributed by atoms with Gasteiger partial charge in [0.1, 0.15) is 0 Å². The zero-order chi connectivity index (χ0) is 23.7. The maximum absolute atomic E-state index is 13.6. The highest BCUT2D eigenvalue weighted by atomic mass is 32.1. The number of carbonyl (C=O) groups excluding carboxylic acids is 3. The van der Waals surface area contributed by atoms with Gasteiger partial charge in [0.25, 0.3) is 11.8 Å². The lowest BCUT2D eigenvalue weighted by Gasteiger charge is -2.43. The molecule has 2 atom stereocenters. The van der Waals surface area contributed by atoms with Gasteiger partial charge in [0.05, 0.1) is 15.8 Å². The largest absolute Gasteiger partial charge is 0.344 e. The van der Waals surface area contributed by atoms with E-state index >= 15 is 0 Å². The molecule has 1 aliphatic heterocycles. The Morgan fingerprint density at radius 1 is 0.909 bits per heavy atom. The number of carbonyl (C=O) groups is 3.